The average Bonchev–Trinajstić information content (AvgIpc) is 2.34. The molecule has 1 aromatic rings. The number of ether oxygens (including phenoxy) is 1. The molecule has 0 aliphatic carbocycles. The predicted molar refractivity (Wildman–Crippen MR) is 100 cm³/mol. The van der Waals surface area contributed by atoms with Crippen molar-refractivity contribution in [2.45, 2.75) is 68.5 Å². The minimum Gasteiger partial charge on any atom is -0.370 e. The van der Waals surface area contributed by atoms with Crippen molar-refractivity contribution in [1.29, 1.82) is 0 Å². The summed E-state index contributed by atoms with van der Waals surface area (Å²) in [6.45, 7) is 16.4. The lowest BCUT2D eigenvalue weighted by Crippen LogP contribution is -2.49. The van der Waals surface area contributed by atoms with Crippen molar-refractivity contribution < 1.29 is 4.74 Å². The summed E-state index contributed by atoms with van der Waals surface area (Å²) in [7, 11) is -1.46. The van der Waals surface area contributed by atoms with Gasteiger partial charge in [0.2, 0.25) is 0 Å². The number of hydrogen-bond acceptors (Lipinski definition) is 1. The third-order valence-corrected chi connectivity index (χ3v) is 15.3. The molecule has 0 aliphatic heterocycles. The highest BCUT2D eigenvalue weighted by Gasteiger charge is 2.45. The van der Waals surface area contributed by atoms with Crippen LogP contribution in [0.15, 0.2) is 30.3 Å². The van der Waals surface area contributed by atoms with E-state index in [1.807, 2.05) is 0 Å². The van der Waals surface area contributed by atoms with Gasteiger partial charge in [-0.1, -0.05) is 86.8 Å². The molecular formula is C17H29IOSi. The minimum absolute atomic E-state index is 0.192. The molecule has 3 heteroatoms. The van der Waals surface area contributed by atoms with Crippen LogP contribution in [0.1, 0.15) is 46.3 Å². The largest absolute Gasteiger partial charge is 0.370 e. The molecule has 2 atom stereocenters. The SMILES string of the molecule is CC(C)O[C@H](c1ccccc1)[C@H](I)[Si](C)(C)C(C)(C)C. The normalized spacial score (nSPS) is 16.2. The molecule has 0 saturated carbocycles. The standard InChI is InChI=1S/C17H29IOSi/c1-13(2)19-15(14-11-9-8-10-12-14)16(18)20(6,7)17(3,4)5/h8-13,15-16H,1-7H3/t15-,16-/m1/s1. The molecule has 0 heterocycles. The second-order valence-corrected chi connectivity index (χ2v) is 15.5. The first-order valence-electron chi connectivity index (χ1n) is 7.42. The van der Waals surface area contributed by atoms with Gasteiger partial charge in [-0.2, -0.15) is 0 Å². The first kappa shape index (κ1) is 18.2. The van der Waals surface area contributed by atoms with E-state index in [4.69, 9.17) is 4.74 Å². The summed E-state index contributed by atoms with van der Waals surface area (Å²) in [6, 6.07) is 10.7. The van der Waals surface area contributed by atoms with Gasteiger partial charge in [-0.15, -0.1) is 0 Å². The van der Waals surface area contributed by atoms with E-state index < -0.39 is 8.07 Å². The molecular weight excluding hydrogens is 375 g/mol. The van der Waals surface area contributed by atoms with Crippen LogP contribution in [0.2, 0.25) is 18.1 Å². The van der Waals surface area contributed by atoms with Gasteiger partial charge in [-0.05, 0) is 24.4 Å². The highest BCUT2D eigenvalue weighted by Crippen LogP contribution is 2.46. The molecule has 1 nitrogen and oxygen atoms in total. The van der Waals surface area contributed by atoms with Crippen molar-refractivity contribution in [2.24, 2.45) is 0 Å². The Labute approximate surface area is 139 Å². The summed E-state index contributed by atoms with van der Waals surface area (Å²) in [4.78, 5) is 0. The maximum atomic E-state index is 6.31. The monoisotopic (exact) mass is 404 g/mol. The van der Waals surface area contributed by atoms with Crippen LogP contribution < -0.4 is 0 Å². The van der Waals surface area contributed by atoms with Crippen LogP contribution >= 0.6 is 22.6 Å². The average molecular weight is 404 g/mol. The van der Waals surface area contributed by atoms with Crippen molar-refractivity contribution >= 4 is 30.7 Å². The van der Waals surface area contributed by atoms with E-state index >= 15 is 0 Å². The second-order valence-electron chi connectivity index (χ2n) is 7.39. The van der Waals surface area contributed by atoms with Crippen LogP contribution in [-0.4, -0.2) is 17.7 Å². The summed E-state index contributed by atoms with van der Waals surface area (Å²) in [5, 5.41) is 0.367. The number of alkyl halides is 1. The molecule has 0 bridgehead atoms. The molecule has 0 saturated heterocycles. The van der Waals surface area contributed by atoms with Crippen molar-refractivity contribution in [3.05, 3.63) is 35.9 Å². The van der Waals surface area contributed by atoms with Crippen LogP contribution in [0.4, 0.5) is 0 Å². The van der Waals surface area contributed by atoms with E-state index in [0.29, 0.717) is 8.59 Å². The lowest BCUT2D eigenvalue weighted by Gasteiger charge is -2.44. The zero-order valence-corrected chi connectivity index (χ0v) is 17.1. The fourth-order valence-corrected chi connectivity index (χ4v) is 7.29. The number of rotatable bonds is 5. The predicted octanol–water partition coefficient (Wildman–Crippen LogP) is 6.00. The lowest BCUT2D eigenvalue weighted by atomic mass is 10.1. The van der Waals surface area contributed by atoms with Crippen LogP contribution in [0.3, 0.4) is 0 Å². The number of halogens is 1. The Balaban J connectivity index is 3.12. The Morgan fingerprint density at radius 2 is 1.55 bits per heavy atom. The zero-order valence-electron chi connectivity index (χ0n) is 13.9. The van der Waals surface area contributed by atoms with Gasteiger partial charge in [-0.25, -0.2) is 0 Å². The van der Waals surface area contributed by atoms with Gasteiger partial charge >= 0.3 is 0 Å². The second kappa shape index (κ2) is 6.92. The van der Waals surface area contributed by atoms with E-state index in [0.717, 1.165) is 0 Å². The van der Waals surface area contributed by atoms with E-state index in [-0.39, 0.29) is 12.2 Å². The molecule has 1 aromatic carbocycles. The third-order valence-electron chi connectivity index (χ3n) is 4.44. The number of hydrogen-bond donors (Lipinski definition) is 0. The first-order chi connectivity index (χ1) is 9.07. The van der Waals surface area contributed by atoms with Crippen LogP contribution in [0, 0.1) is 0 Å². The molecule has 1 rings (SSSR count). The molecule has 114 valence electrons. The Hall–Kier alpha value is 0.127. The van der Waals surface area contributed by atoms with Gasteiger partial charge < -0.3 is 4.74 Å². The quantitative estimate of drug-likeness (QED) is 0.332. The summed E-state index contributed by atoms with van der Waals surface area (Å²) in [5.74, 6) is 0. The minimum atomic E-state index is -1.46. The summed E-state index contributed by atoms with van der Waals surface area (Å²) < 4.78 is 6.85. The van der Waals surface area contributed by atoms with Gasteiger partial charge in [0, 0.05) is 3.55 Å². The maximum absolute atomic E-state index is 6.31. The molecule has 0 N–H and O–H groups in total. The molecule has 0 fully saturated rings. The maximum Gasteiger partial charge on any atom is 0.0921 e. The fraction of sp³-hybridized carbons (Fsp3) is 0.647. The van der Waals surface area contributed by atoms with Crippen LogP contribution in [0.5, 0.6) is 0 Å². The topological polar surface area (TPSA) is 9.23 Å². The van der Waals surface area contributed by atoms with Gasteiger partial charge in [0.1, 0.15) is 0 Å². The van der Waals surface area contributed by atoms with Crippen molar-refractivity contribution in [3.8, 4) is 0 Å². The Bertz CT molecular complexity index is 409. The van der Waals surface area contributed by atoms with Crippen LogP contribution in [0.25, 0.3) is 0 Å². The number of benzene rings is 1. The van der Waals surface area contributed by atoms with E-state index in [1.165, 1.54) is 5.56 Å². The van der Waals surface area contributed by atoms with E-state index in [9.17, 15) is 0 Å². The van der Waals surface area contributed by atoms with Crippen molar-refractivity contribution in [1.82, 2.24) is 0 Å². The van der Waals surface area contributed by atoms with E-state index in [2.05, 4.69) is 101 Å². The summed E-state index contributed by atoms with van der Waals surface area (Å²) in [6.07, 6.45) is 0.444. The molecule has 20 heavy (non-hydrogen) atoms. The Morgan fingerprint density at radius 3 is 1.95 bits per heavy atom. The van der Waals surface area contributed by atoms with E-state index in [1.54, 1.807) is 0 Å². The van der Waals surface area contributed by atoms with Crippen molar-refractivity contribution in [3.63, 3.8) is 0 Å². The molecule has 0 aliphatic rings. The van der Waals surface area contributed by atoms with Gasteiger partial charge in [0.15, 0.2) is 0 Å². The molecule has 0 radical (unpaired) electrons. The van der Waals surface area contributed by atoms with Gasteiger partial charge in [-0.3, -0.25) is 0 Å². The highest BCUT2D eigenvalue weighted by molar-refractivity contribution is 14.1. The zero-order chi connectivity index (χ0) is 15.6. The fourth-order valence-electron chi connectivity index (χ4n) is 2.04. The molecule has 0 spiro atoms. The summed E-state index contributed by atoms with van der Waals surface area (Å²) >= 11 is 2.65. The molecule has 0 unspecified atom stereocenters. The highest BCUT2D eigenvalue weighted by atomic mass is 127. The lowest BCUT2D eigenvalue weighted by molar-refractivity contribution is 0.0157. The molecule has 0 amide bonds. The summed E-state index contributed by atoms with van der Waals surface area (Å²) in [5.41, 5.74) is 1.31. The van der Waals surface area contributed by atoms with Gasteiger partial charge in [0.25, 0.3) is 0 Å². The van der Waals surface area contributed by atoms with Gasteiger partial charge in [0.05, 0.1) is 20.3 Å². The van der Waals surface area contributed by atoms with Crippen LogP contribution in [-0.2, 0) is 4.74 Å². The first-order valence-corrected chi connectivity index (χ1v) is 11.7. The molecule has 0 aromatic heterocycles. The Morgan fingerprint density at radius 1 is 1.05 bits per heavy atom. The Kier molecular flexibility index (Phi) is 6.29. The smallest absolute Gasteiger partial charge is 0.0921 e. The third kappa shape index (κ3) is 4.31. The van der Waals surface area contributed by atoms with Crippen molar-refractivity contribution in [2.75, 3.05) is 0 Å².